The maximum absolute atomic E-state index is 16.6. The Balaban J connectivity index is 0.995. The number of rotatable bonds is 29. The summed E-state index contributed by atoms with van der Waals surface area (Å²) in [6.07, 6.45) is -4.88. The molecule has 4 unspecified atom stereocenters. The van der Waals surface area contributed by atoms with Gasteiger partial charge in [0.25, 0.3) is 40.5 Å². The maximum atomic E-state index is 16.6. The quantitative estimate of drug-likeness (QED) is 0.0241. The highest BCUT2D eigenvalue weighted by atomic mass is 32.2. The summed E-state index contributed by atoms with van der Waals surface area (Å²) in [7, 11) is -19.7. The molecule has 0 amide bonds. The second kappa shape index (κ2) is 29.8. The minimum absolute atomic E-state index is 0.288. The van der Waals surface area contributed by atoms with E-state index < -0.39 is 187 Å². The first kappa shape index (κ1) is 71.4. The summed E-state index contributed by atoms with van der Waals surface area (Å²) in [6.45, 7) is 3.91. The number of hydrogen-bond donors (Lipinski definition) is 0. The van der Waals surface area contributed by atoms with Gasteiger partial charge < -0.3 is 28.4 Å². The number of halogens is 8. The molecule has 0 saturated carbocycles. The molecule has 30 heteroatoms. The van der Waals surface area contributed by atoms with Crippen LogP contribution in [0.5, 0.6) is 46.0 Å². The van der Waals surface area contributed by atoms with Crippen LogP contribution in [0.3, 0.4) is 0 Å². The lowest BCUT2D eigenvalue weighted by molar-refractivity contribution is 0.148. The Kier molecular flexibility index (Phi) is 21.7. The van der Waals surface area contributed by atoms with Crippen LogP contribution in [0.1, 0.15) is 27.7 Å². The summed E-state index contributed by atoms with van der Waals surface area (Å²) in [5, 5.41) is -1.66. The second-order valence-corrected chi connectivity index (χ2v) is 28.0. The molecular weight excluding hydrogens is 1380 g/mol. The van der Waals surface area contributed by atoms with E-state index in [0.717, 1.165) is 48.5 Å². The highest BCUT2D eigenvalue weighted by Crippen LogP contribution is 2.46. The predicted molar refractivity (Wildman–Crippen MR) is 338 cm³/mol. The molecule has 10 rings (SSSR count). The molecule has 0 heterocycles. The average molecular weight is 1440 g/mol. The molecule has 0 bridgehead atoms. The van der Waals surface area contributed by atoms with E-state index in [1.807, 2.05) is 0 Å². The molecule has 0 fully saturated rings. The predicted octanol–water partition coefficient (Wildman–Crippen LogP) is 15.0. The molecule has 0 spiro atoms. The third-order valence-corrected chi connectivity index (χ3v) is 19.7. The van der Waals surface area contributed by atoms with Crippen LogP contribution < -0.4 is 28.4 Å². The Morgan fingerprint density at radius 3 is 0.786 bits per heavy atom. The van der Waals surface area contributed by atoms with Crippen molar-refractivity contribution in [3.8, 4) is 57.1 Å². The summed E-state index contributed by atoms with van der Waals surface area (Å²) in [5.74, 6) is -26.4. The van der Waals surface area contributed by atoms with Gasteiger partial charge in [0.05, 0.1) is 30.7 Å². The largest absolute Gasteiger partial charge is 0.491 e. The van der Waals surface area contributed by atoms with E-state index in [1.54, 1.807) is 121 Å². The third kappa shape index (κ3) is 16.4. The van der Waals surface area contributed by atoms with Gasteiger partial charge in [-0.2, -0.15) is 51.2 Å². The van der Waals surface area contributed by atoms with Gasteiger partial charge >= 0.3 is 0 Å². The summed E-state index contributed by atoms with van der Waals surface area (Å²) >= 11 is 0. The minimum atomic E-state index is -5.07. The molecule has 0 N–H and O–H groups in total. The molecule has 0 radical (unpaired) electrons. The molecule has 0 aliphatic rings. The van der Waals surface area contributed by atoms with Crippen LogP contribution in [0.15, 0.2) is 202 Å². The average Bonchev–Trinajstić information content (AvgIpc) is 0.742. The fraction of sp³-hybridized carbons (Fsp3) is 0.176. The zero-order valence-electron chi connectivity index (χ0n) is 51.5. The Bertz CT molecular complexity index is 4690. The van der Waals surface area contributed by atoms with Crippen molar-refractivity contribution in [2.75, 3.05) is 26.4 Å². The summed E-state index contributed by atoms with van der Waals surface area (Å²) in [4.78, 5) is -3.12. The van der Waals surface area contributed by atoms with Gasteiger partial charge in [0.15, 0.2) is 23.3 Å². The molecule has 0 saturated heterocycles. The first-order chi connectivity index (χ1) is 46.5. The van der Waals surface area contributed by atoms with Gasteiger partial charge in [-0.1, -0.05) is 72.8 Å². The van der Waals surface area contributed by atoms with E-state index in [9.17, 15) is 33.7 Å². The number of ether oxygens (including phenoxy) is 6. The van der Waals surface area contributed by atoms with Crippen molar-refractivity contribution in [1.82, 2.24) is 0 Å². The molecular formula is C68H54F8O18S4. The van der Waals surface area contributed by atoms with Crippen molar-refractivity contribution in [3.63, 3.8) is 0 Å². The molecule has 514 valence electrons. The highest BCUT2D eigenvalue weighted by molar-refractivity contribution is 7.87. The van der Waals surface area contributed by atoms with Crippen LogP contribution in [-0.4, -0.2) is 84.5 Å². The summed E-state index contributed by atoms with van der Waals surface area (Å²) < 4.78 is 297. The van der Waals surface area contributed by atoms with E-state index in [1.165, 1.54) is 27.7 Å². The Morgan fingerprint density at radius 1 is 0.296 bits per heavy atom. The lowest BCUT2D eigenvalue weighted by Crippen LogP contribution is -2.22. The standard InChI is InChI=1S/C68H54F8O18S4/c1-39(35-85-45-17-9-5-10-18-45)91-95(77,78)49-25-27-53-43(29-49)31-51(97(81,82)93-41(3)37-87-47-21-13-7-14-22-47)33-55(53)89-67-63(73)59(69)57(60(70)64(67)74)58-61(71)65(75)68(66(76)62(58)72)90-56-34-52(98(83,84)94-42(4)38-88-48-23-15-8-16-24-48)32-44-30-50(26-28-54(44)56)96(79,80)92-40(2)36-86-46-19-11-6-12-20-46/h5-34,39-42H,35-38H2,1-4H3. The lowest BCUT2D eigenvalue weighted by Gasteiger charge is -2.19. The maximum Gasteiger partial charge on any atom is 0.297 e. The number of fused-ring (bicyclic) bond motifs is 2. The number of benzene rings is 10. The van der Waals surface area contributed by atoms with Crippen LogP contribution in [0.25, 0.3) is 32.7 Å². The van der Waals surface area contributed by atoms with Gasteiger partial charge in [0.2, 0.25) is 34.8 Å². The van der Waals surface area contributed by atoms with Gasteiger partial charge in [-0.05, 0) is 136 Å². The minimum Gasteiger partial charge on any atom is -0.491 e. The Hall–Kier alpha value is -9.40. The van der Waals surface area contributed by atoms with Gasteiger partial charge in [0, 0.05) is 22.9 Å². The molecule has 0 aromatic heterocycles. The fourth-order valence-corrected chi connectivity index (χ4v) is 14.0. The van der Waals surface area contributed by atoms with Crippen molar-refractivity contribution in [3.05, 3.63) is 229 Å². The van der Waals surface area contributed by atoms with Gasteiger partial charge in [0.1, 0.15) is 85.3 Å². The van der Waals surface area contributed by atoms with Crippen molar-refractivity contribution in [2.24, 2.45) is 0 Å². The van der Waals surface area contributed by atoms with Crippen molar-refractivity contribution in [2.45, 2.75) is 71.7 Å². The zero-order chi connectivity index (χ0) is 70.4. The SMILES string of the molecule is CC(COc1ccccc1)OS(=O)(=O)c1ccc2c(Oc3c(F)c(F)c(-c4c(F)c(F)c(Oc5cc(S(=O)(=O)OC(C)COc6ccccc6)cc6cc(S(=O)(=O)OC(C)COc7ccccc7)ccc56)c(F)c4F)c(F)c3F)cc(S(=O)(=O)OC(C)COc3ccccc3)cc2c1. The number of hydrogen-bond acceptors (Lipinski definition) is 18. The van der Waals surface area contributed by atoms with Crippen molar-refractivity contribution >= 4 is 62.0 Å². The smallest absolute Gasteiger partial charge is 0.297 e. The summed E-state index contributed by atoms with van der Waals surface area (Å²) in [5.41, 5.74) is -4.83. The van der Waals surface area contributed by atoms with E-state index in [4.69, 9.17) is 45.2 Å². The molecule has 10 aromatic carbocycles. The normalized spacial score (nSPS) is 13.4. The van der Waals surface area contributed by atoms with Crippen LogP contribution in [0.4, 0.5) is 35.1 Å². The number of para-hydroxylation sites is 4. The Morgan fingerprint density at radius 2 is 0.531 bits per heavy atom. The topological polar surface area (TPSA) is 229 Å². The highest BCUT2D eigenvalue weighted by Gasteiger charge is 2.37. The molecule has 18 nitrogen and oxygen atoms in total. The van der Waals surface area contributed by atoms with Crippen LogP contribution in [0, 0.1) is 46.5 Å². The van der Waals surface area contributed by atoms with Gasteiger partial charge in [-0.3, -0.25) is 16.7 Å². The van der Waals surface area contributed by atoms with E-state index in [2.05, 4.69) is 0 Å². The van der Waals surface area contributed by atoms with Crippen molar-refractivity contribution in [1.29, 1.82) is 0 Å². The monoisotopic (exact) mass is 1440 g/mol. The summed E-state index contributed by atoms with van der Waals surface area (Å²) in [6, 6.07) is 40.7. The molecule has 10 aromatic rings. The van der Waals surface area contributed by atoms with Gasteiger partial charge in [-0.25, -0.2) is 17.6 Å². The fourth-order valence-electron chi connectivity index (χ4n) is 9.52. The molecule has 0 aliphatic carbocycles. The molecule has 0 aliphatic heterocycles. The van der Waals surface area contributed by atoms with E-state index >= 15 is 35.1 Å². The zero-order valence-corrected chi connectivity index (χ0v) is 54.7. The first-order valence-electron chi connectivity index (χ1n) is 29.2. The van der Waals surface area contributed by atoms with Crippen molar-refractivity contribution < 1.29 is 114 Å². The molecule has 98 heavy (non-hydrogen) atoms. The Labute approximate surface area is 556 Å². The van der Waals surface area contributed by atoms with Crippen LogP contribution >= 0.6 is 0 Å². The first-order valence-corrected chi connectivity index (χ1v) is 34.8. The van der Waals surface area contributed by atoms with Crippen LogP contribution in [-0.2, 0) is 57.2 Å². The molecule has 4 atom stereocenters. The van der Waals surface area contributed by atoms with E-state index in [0.29, 0.717) is 35.1 Å². The lowest BCUT2D eigenvalue weighted by atomic mass is 10.0. The second-order valence-electron chi connectivity index (χ2n) is 21.7. The van der Waals surface area contributed by atoms with Gasteiger partial charge in [-0.15, -0.1) is 0 Å². The van der Waals surface area contributed by atoms with Crippen LogP contribution in [0.2, 0.25) is 0 Å². The van der Waals surface area contributed by atoms with E-state index in [-0.39, 0.29) is 26.4 Å². The third-order valence-electron chi connectivity index (χ3n) is 14.1.